The maximum absolute atomic E-state index is 3.49. The van der Waals surface area contributed by atoms with E-state index >= 15 is 0 Å². The lowest BCUT2D eigenvalue weighted by Crippen LogP contribution is -2.26. The lowest BCUT2D eigenvalue weighted by atomic mass is 10.1. The van der Waals surface area contributed by atoms with Crippen LogP contribution in [0.1, 0.15) is 37.1 Å². The third-order valence-electron chi connectivity index (χ3n) is 4.37. The predicted molar refractivity (Wildman–Crippen MR) is 88.3 cm³/mol. The van der Waals surface area contributed by atoms with E-state index in [4.69, 9.17) is 0 Å². The molecule has 2 aromatic rings. The van der Waals surface area contributed by atoms with Crippen LogP contribution >= 0.6 is 11.3 Å². The van der Waals surface area contributed by atoms with Crippen LogP contribution in [0.5, 0.6) is 0 Å². The summed E-state index contributed by atoms with van der Waals surface area (Å²) < 4.78 is 1.43. The van der Waals surface area contributed by atoms with Crippen molar-refractivity contribution in [2.24, 2.45) is 0 Å². The lowest BCUT2D eigenvalue weighted by Gasteiger charge is -2.21. The Balaban J connectivity index is 1.93. The van der Waals surface area contributed by atoms with Crippen LogP contribution in [0.4, 0.5) is 0 Å². The van der Waals surface area contributed by atoms with Gasteiger partial charge in [0.1, 0.15) is 0 Å². The standard InChI is InChI=1S/C17H24N2S/c1-3-18-11-17-15(12-19-10-6-7-13(19)2)14-8-4-5-9-16(14)20-17/h4-5,8-9,13,18H,3,6-7,10-12H2,1-2H3. The minimum absolute atomic E-state index is 0.737. The van der Waals surface area contributed by atoms with Crippen molar-refractivity contribution in [2.75, 3.05) is 13.1 Å². The van der Waals surface area contributed by atoms with Gasteiger partial charge in [-0.1, -0.05) is 25.1 Å². The molecule has 1 aromatic carbocycles. The highest BCUT2D eigenvalue weighted by Crippen LogP contribution is 2.33. The molecule has 0 bridgehead atoms. The van der Waals surface area contributed by atoms with Crippen molar-refractivity contribution in [2.45, 2.75) is 45.8 Å². The minimum atomic E-state index is 0.737. The number of nitrogens with zero attached hydrogens (tertiary/aromatic N) is 1. The summed E-state index contributed by atoms with van der Waals surface area (Å²) in [6.07, 6.45) is 2.70. The maximum atomic E-state index is 3.49. The van der Waals surface area contributed by atoms with Gasteiger partial charge in [0.25, 0.3) is 0 Å². The zero-order valence-corrected chi connectivity index (χ0v) is 13.3. The molecule has 1 N–H and O–H groups in total. The molecule has 0 aliphatic carbocycles. The van der Waals surface area contributed by atoms with E-state index in [1.807, 2.05) is 11.3 Å². The maximum Gasteiger partial charge on any atom is 0.0349 e. The van der Waals surface area contributed by atoms with Crippen molar-refractivity contribution in [1.82, 2.24) is 10.2 Å². The fraction of sp³-hybridized carbons (Fsp3) is 0.529. The molecule has 1 aromatic heterocycles. The zero-order valence-electron chi connectivity index (χ0n) is 12.5. The molecule has 3 heteroatoms. The van der Waals surface area contributed by atoms with Crippen molar-refractivity contribution in [1.29, 1.82) is 0 Å². The first-order valence-electron chi connectivity index (χ1n) is 7.73. The quantitative estimate of drug-likeness (QED) is 0.895. The van der Waals surface area contributed by atoms with E-state index in [-0.39, 0.29) is 0 Å². The largest absolute Gasteiger partial charge is 0.312 e. The van der Waals surface area contributed by atoms with Crippen molar-refractivity contribution in [3.8, 4) is 0 Å². The summed E-state index contributed by atoms with van der Waals surface area (Å²) in [7, 11) is 0. The molecule has 1 aliphatic heterocycles. The van der Waals surface area contributed by atoms with Gasteiger partial charge in [0.15, 0.2) is 0 Å². The third-order valence-corrected chi connectivity index (χ3v) is 5.58. The normalized spacial score (nSPS) is 20.0. The van der Waals surface area contributed by atoms with E-state index < -0.39 is 0 Å². The molecule has 1 unspecified atom stereocenters. The molecule has 1 saturated heterocycles. The average molecular weight is 288 g/mol. The summed E-state index contributed by atoms with van der Waals surface area (Å²) in [6.45, 7) is 8.96. The SMILES string of the molecule is CCNCc1sc2ccccc2c1CN1CCCC1C. The van der Waals surface area contributed by atoms with E-state index in [1.165, 1.54) is 34.3 Å². The van der Waals surface area contributed by atoms with Crippen LogP contribution in [0.2, 0.25) is 0 Å². The Kier molecular flexibility index (Phi) is 4.39. The van der Waals surface area contributed by atoms with Crippen molar-refractivity contribution < 1.29 is 0 Å². The molecule has 0 spiro atoms. The minimum Gasteiger partial charge on any atom is -0.312 e. The molecular weight excluding hydrogens is 264 g/mol. The van der Waals surface area contributed by atoms with Crippen LogP contribution in [-0.4, -0.2) is 24.0 Å². The van der Waals surface area contributed by atoms with E-state index in [9.17, 15) is 0 Å². The summed E-state index contributed by atoms with van der Waals surface area (Å²) in [6, 6.07) is 9.60. The first-order valence-corrected chi connectivity index (χ1v) is 8.55. The molecule has 0 amide bonds. The number of rotatable bonds is 5. The Morgan fingerprint density at radius 2 is 2.20 bits per heavy atom. The second-order valence-corrected chi connectivity index (χ2v) is 6.88. The number of hydrogen-bond donors (Lipinski definition) is 1. The molecule has 0 saturated carbocycles. The highest BCUT2D eigenvalue weighted by Gasteiger charge is 2.22. The molecule has 0 radical (unpaired) electrons. The summed E-state index contributed by atoms with van der Waals surface area (Å²) in [5.41, 5.74) is 1.56. The molecule has 1 fully saturated rings. The smallest absolute Gasteiger partial charge is 0.0349 e. The number of nitrogens with one attached hydrogen (secondary N) is 1. The highest BCUT2D eigenvalue weighted by molar-refractivity contribution is 7.19. The van der Waals surface area contributed by atoms with Crippen molar-refractivity contribution >= 4 is 21.4 Å². The highest BCUT2D eigenvalue weighted by atomic mass is 32.1. The van der Waals surface area contributed by atoms with Gasteiger partial charge >= 0.3 is 0 Å². The van der Waals surface area contributed by atoms with Gasteiger partial charge in [0.2, 0.25) is 0 Å². The summed E-state index contributed by atoms with van der Waals surface area (Å²) in [4.78, 5) is 4.16. The fourth-order valence-corrected chi connectivity index (χ4v) is 4.32. The zero-order chi connectivity index (χ0) is 13.9. The number of hydrogen-bond acceptors (Lipinski definition) is 3. The van der Waals surface area contributed by atoms with Gasteiger partial charge in [-0.15, -0.1) is 11.3 Å². The van der Waals surface area contributed by atoms with E-state index in [2.05, 4.69) is 48.3 Å². The van der Waals surface area contributed by atoms with Crippen LogP contribution in [0.3, 0.4) is 0 Å². The van der Waals surface area contributed by atoms with Crippen LogP contribution in [0.25, 0.3) is 10.1 Å². The van der Waals surface area contributed by atoms with Gasteiger partial charge in [0.05, 0.1) is 0 Å². The number of fused-ring (bicyclic) bond motifs is 1. The molecule has 1 atom stereocenters. The Morgan fingerprint density at radius 3 is 2.95 bits per heavy atom. The summed E-state index contributed by atoms with van der Waals surface area (Å²) in [5, 5.41) is 4.96. The van der Waals surface area contributed by atoms with Gasteiger partial charge in [0, 0.05) is 28.7 Å². The van der Waals surface area contributed by atoms with Gasteiger partial charge in [-0.2, -0.15) is 0 Å². The summed E-state index contributed by atoms with van der Waals surface area (Å²) in [5.74, 6) is 0. The topological polar surface area (TPSA) is 15.3 Å². The van der Waals surface area contributed by atoms with Crippen LogP contribution < -0.4 is 5.32 Å². The van der Waals surface area contributed by atoms with Gasteiger partial charge < -0.3 is 5.32 Å². The van der Waals surface area contributed by atoms with E-state index in [0.29, 0.717) is 0 Å². The Labute approximate surface area is 125 Å². The molecule has 2 nitrogen and oxygen atoms in total. The Morgan fingerprint density at radius 1 is 1.35 bits per heavy atom. The molecule has 1 aliphatic rings. The number of thiophene rings is 1. The molecule has 20 heavy (non-hydrogen) atoms. The van der Waals surface area contributed by atoms with Crippen LogP contribution in [0, 0.1) is 0 Å². The number of benzene rings is 1. The molecule has 3 rings (SSSR count). The van der Waals surface area contributed by atoms with Gasteiger partial charge in [-0.25, -0.2) is 0 Å². The molecule has 108 valence electrons. The van der Waals surface area contributed by atoms with E-state index in [0.717, 1.165) is 25.7 Å². The number of likely N-dealkylation sites (tertiary alicyclic amines) is 1. The van der Waals surface area contributed by atoms with Crippen LogP contribution in [-0.2, 0) is 13.1 Å². The first-order chi connectivity index (χ1) is 9.79. The third kappa shape index (κ3) is 2.76. The predicted octanol–water partition coefficient (Wildman–Crippen LogP) is 4.00. The van der Waals surface area contributed by atoms with Gasteiger partial charge in [-0.3, -0.25) is 4.90 Å². The van der Waals surface area contributed by atoms with Crippen LogP contribution in [0.15, 0.2) is 24.3 Å². The summed E-state index contributed by atoms with van der Waals surface area (Å²) >= 11 is 1.96. The van der Waals surface area contributed by atoms with E-state index in [1.54, 1.807) is 5.56 Å². The van der Waals surface area contributed by atoms with Gasteiger partial charge in [-0.05, 0) is 49.9 Å². The van der Waals surface area contributed by atoms with Crippen molar-refractivity contribution in [3.05, 3.63) is 34.7 Å². The second-order valence-electron chi connectivity index (χ2n) is 5.74. The fourth-order valence-electron chi connectivity index (χ4n) is 3.13. The Bertz CT molecular complexity index is 575. The van der Waals surface area contributed by atoms with Crippen molar-refractivity contribution in [3.63, 3.8) is 0 Å². The Hall–Kier alpha value is -0.900. The first kappa shape index (κ1) is 14.1. The lowest BCUT2D eigenvalue weighted by molar-refractivity contribution is 0.261. The molecular formula is C17H24N2S. The average Bonchev–Trinajstić information content (AvgIpc) is 3.02. The second kappa shape index (κ2) is 6.25. The monoisotopic (exact) mass is 288 g/mol. The molecule has 2 heterocycles.